The largest absolute Gasteiger partial charge is 0.265 e. The van der Waals surface area contributed by atoms with Crippen LogP contribution in [-0.4, -0.2) is 14.8 Å². The number of benzene rings is 1. The Kier molecular flexibility index (Phi) is 1.91. The van der Waals surface area contributed by atoms with Crippen LogP contribution in [0.3, 0.4) is 0 Å². The van der Waals surface area contributed by atoms with Crippen molar-refractivity contribution in [1.82, 2.24) is 14.8 Å². The Morgan fingerprint density at radius 1 is 1.25 bits per heavy atom. The molecule has 1 aromatic carbocycles. The molecule has 0 atom stereocenters. The first-order chi connectivity index (χ1) is 7.66. The van der Waals surface area contributed by atoms with E-state index in [9.17, 15) is 0 Å². The monoisotopic (exact) mass is 231 g/mol. The van der Waals surface area contributed by atoms with Gasteiger partial charge in [0.1, 0.15) is 11.0 Å². The lowest BCUT2D eigenvalue weighted by molar-refractivity contribution is 0.797. The van der Waals surface area contributed by atoms with Gasteiger partial charge in [0.15, 0.2) is 0 Å². The van der Waals surface area contributed by atoms with Gasteiger partial charge in [-0.05, 0) is 19.1 Å². The van der Waals surface area contributed by atoms with Crippen LogP contribution in [0.15, 0.2) is 24.4 Å². The topological polar surface area (TPSA) is 30.7 Å². The third kappa shape index (κ3) is 1.21. The fourth-order valence-electron chi connectivity index (χ4n) is 1.94. The molecule has 0 saturated carbocycles. The van der Waals surface area contributed by atoms with Gasteiger partial charge in [0.05, 0.1) is 16.7 Å². The molecule has 0 aliphatic carbocycles. The molecule has 0 fully saturated rings. The van der Waals surface area contributed by atoms with Crippen molar-refractivity contribution in [3.8, 4) is 0 Å². The molecule has 0 aliphatic heterocycles. The number of nitrogens with zero attached hydrogens (tertiary/aromatic N) is 3. The van der Waals surface area contributed by atoms with Crippen LogP contribution in [0.25, 0.3) is 21.9 Å². The van der Waals surface area contributed by atoms with E-state index in [4.69, 9.17) is 11.6 Å². The van der Waals surface area contributed by atoms with Crippen LogP contribution in [0.2, 0.25) is 5.02 Å². The van der Waals surface area contributed by atoms with Gasteiger partial charge in [-0.1, -0.05) is 23.2 Å². The second kappa shape index (κ2) is 3.19. The van der Waals surface area contributed by atoms with Gasteiger partial charge in [0.2, 0.25) is 0 Å². The molecular weight excluding hydrogens is 222 g/mol. The fraction of sp³-hybridized carbons (Fsp3) is 0.167. The molecule has 80 valence electrons. The molecule has 0 unspecified atom stereocenters. The summed E-state index contributed by atoms with van der Waals surface area (Å²) in [4.78, 5) is 4.53. The lowest BCUT2D eigenvalue weighted by Crippen LogP contribution is -1.91. The molecule has 3 nitrogen and oxygen atoms in total. The molecular formula is C12H10ClN3. The van der Waals surface area contributed by atoms with Gasteiger partial charge in [-0.25, -0.2) is 4.98 Å². The minimum atomic E-state index is 0.726. The second-order valence-electron chi connectivity index (χ2n) is 3.95. The van der Waals surface area contributed by atoms with Gasteiger partial charge in [0, 0.05) is 12.4 Å². The van der Waals surface area contributed by atoms with Crippen molar-refractivity contribution in [2.75, 3.05) is 0 Å². The molecule has 2 aromatic heterocycles. The molecule has 0 radical (unpaired) electrons. The number of aromatic nitrogens is 3. The van der Waals surface area contributed by atoms with Gasteiger partial charge in [0.25, 0.3) is 0 Å². The first-order valence-electron chi connectivity index (χ1n) is 5.04. The third-order valence-corrected chi connectivity index (χ3v) is 3.14. The number of halogens is 1. The zero-order valence-corrected chi connectivity index (χ0v) is 9.78. The minimum Gasteiger partial charge on any atom is -0.265 e. The molecule has 0 aliphatic rings. The SMILES string of the molecule is Cc1ccc2nc3cnn(C)c3c(Cl)c2c1. The number of fused-ring (bicyclic) bond motifs is 2. The van der Waals surface area contributed by atoms with Crippen molar-refractivity contribution in [1.29, 1.82) is 0 Å². The number of rotatable bonds is 0. The van der Waals surface area contributed by atoms with E-state index in [0.29, 0.717) is 0 Å². The Bertz CT molecular complexity index is 700. The summed E-state index contributed by atoms with van der Waals surface area (Å²) in [6.07, 6.45) is 1.74. The summed E-state index contributed by atoms with van der Waals surface area (Å²) < 4.78 is 1.76. The maximum atomic E-state index is 6.39. The number of hydrogen-bond acceptors (Lipinski definition) is 2. The summed E-state index contributed by atoms with van der Waals surface area (Å²) in [7, 11) is 1.87. The minimum absolute atomic E-state index is 0.726. The van der Waals surface area contributed by atoms with E-state index in [1.54, 1.807) is 10.9 Å². The van der Waals surface area contributed by atoms with E-state index in [-0.39, 0.29) is 0 Å². The Morgan fingerprint density at radius 3 is 2.88 bits per heavy atom. The summed E-state index contributed by atoms with van der Waals surface area (Å²) in [5.74, 6) is 0. The van der Waals surface area contributed by atoms with Crippen LogP contribution < -0.4 is 0 Å². The Hall–Kier alpha value is -1.61. The van der Waals surface area contributed by atoms with E-state index in [0.717, 1.165) is 27.0 Å². The molecule has 3 aromatic rings. The average molecular weight is 232 g/mol. The highest BCUT2D eigenvalue weighted by molar-refractivity contribution is 6.39. The van der Waals surface area contributed by atoms with Gasteiger partial charge >= 0.3 is 0 Å². The molecule has 4 heteroatoms. The zero-order chi connectivity index (χ0) is 11.3. The molecule has 2 heterocycles. The lowest BCUT2D eigenvalue weighted by Gasteiger charge is -2.04. The maximum absolute atomic E-state index is 6.39. The van der Waals surface area contributed by atoms with Crippen LogP contribution >= 0.6 is 11.6 Å². The first-order valence-corrected chi connectivity index (χ1v) is 5.42. The first kappa shape index (κ1) is 9.60. The molecule has 0 bridgehead atoms. The number of hydrogen-bond donors (Lipinski definition) is 0. The van der Waals surface area contributed by atoms with Crippen molar-refractivity contribution >= 4 is 33.5 Å². The fourth-order valence-corrected chi connectivity index (χ4v) is 2.31. The molecule has 0 saturated heterocycles. The van der Waals surface area contributed by atoms with E-state index in [2.05, 4.69) is 16.1 Å². The highest BCUT2D eigenvalue weighted by atomic mass is 35.5. The summed E-state index contributed by atoms with van der Waals surface area (Å²) in [5.41, 5.74) is 3.82. The van der Waals surface area contributed by atoms with E-state index >= 15 is 0 Å². The van der Waals surface area contributed by atoms with E-state index in [1.807, 2.05) is 26.1 Å². The normalized spacial score (nSPS) is 11.4. The highest BCUT2D eigenvalue weighted by Gasteiger charge is 2.10. The Labute approximate surface area is 97.7 Å². The molecule has 0 spiro atoms. The average Bonchev–Trinajstić information content (AvgIpc) is 2.62. The van der Waals surface area contributed by atoms with Crippen LogP contribution in [-0.2, 0) is 7.05 Å². The molecule has 0 amide bonds. The van der Waals surface area contributed by atoms with Crippen molar-refractivity contribution in [3.05, 3.63) is 35.0 Å². The van der Waals surface area contributed by atoms with Gasteiger partial charge in [-0.2, -0.15) is 5.10 Å². The summed E-state index contributed by atoms with van der Waals surface area (Å²) in [6.45, 7) is 2.04. The van der Waals surface area contributed by atoms with Crippen molar-refractivity contribution in [2.24, 2.45) is 7.05 Å². The maximum Gasteiger partial charge on any atom is 0.111 e. The predicted octanol–water partition coefficient (Wildman–Crippen LogP) is 3.08. The van der Waals surface area contributed by atoms with Crippen molar-refractivity contribution < 1.29 is 0 Å². The Morgan fingerprint density at radius 2 is 2.06 bits per heavy atom. The van der Waals surface area contributed by atoms with E-state index < -0.39 is 0 Å². The van der Waals surface area contributed by atoms with Crippen molar-refractivity contribution in [3.63, 3.8) is 0 Å². The van der Waals surface area contributed by atoms with E-state index in [1.165, 1.54) is 5.56 Å². The predicted molar refractivity (Wildman–Crippen MR) is 65.8 cm³/mol. The highest BCUT2D eigenvalue weighted by Crippen LogP contribution is 2.30. The molecule has 3 rings (SSSR count). The quantitative estimate of drug-likeness (QED) is 0.595. The zero-order valence-electron chi connectivity index (χ0n) is 9.03. The summed E-state index contributed by atoms with van der Waals surface area (Å²) >= 11 is 6.39. The number of aryl methyl sites for hydroxylation is 2. The lowest BCUT2D eigenvalue weighted by atomic mass is 10.1. The van der Waals surface area contributed by atoms with Gasteiger partial charge in [-0.15, -0.1) is 0 Å². The third-order valence-electron chi connectivity index (χ3n) is 2.76. The van der Waals surface area contributed by atoms with Gasteiger partial charge in [-0.3, -0.25) is 4.68 Å². The Balaban J connectivity index is 2.58. The number of pyridine rings is 1. The summed E-state index contributed by atoms with van der Waals surface area (Å²) in [5, 5.41) is 5.88. The van der Waals surface area contributed by atoms with Crippen LogP contribution in [0, 0.1) is 6.92 Å². The smallest absolute Gasteiger partial charge is 0.111 e. The van der Waals surface area contributed by atoms with Crippen LogP contribution in [0.5, 0.6) is 0 Å². The van der Waals surface area contributed by atoms with Crippen LogP contribution in [0.1, 0.15) is 5.56 Å². The van der Waals surface area contributed by atoms with Crippen LogP contribution in [0.4, 0.5) is 0 Å². The molecule has 16 heavy (non-hydrogen) atoms. The van der Waals surface area contributed by atoms with Crippen molar-refractivity contribution in [2.45, 2.75) is 6.92 Å². The van der Waals surface area contributed by atoms with Gasteiger partial charge < -0.3 is 0 Å². The summed E-state index contributed by atoms with van der Waals surface area (Å²) in [6, 6.07) is 6.08. The molecule has 0 N–H and O–H groups in total. The second-order valence-corrected chi connectivity index (χ2v) is 4.33. The standard InChI is InChI=1S/C12H10ClN3/c1-7-3-4-9-8(5-7)11(13)12-10(15-9)6-14-16(12)2/h3-6H,1-2H3.